The largest absolute Gasteiger partial charge is 0.466 e. The highest BCUT2D eigenvalue weighted by atomic mass is 16.5. The number of hydrogen-bond donors (Lipinski definition) is 3. The first-order valence-electron chi connectivity index (χ1n) is 34.1. The van der Waals surface area contributed by atoms with Gasteiger partial charge in [-0.15, -0.1) is 0 Å². The molecule has 0 fully saturated rings. The normalized spacial score (nSPS) is 12.6. The van der Waals surface area contributed by atoms with Gasteiger partial charge in [-0.1, -0.05) is 334 Å². The summed E-state index contributed by atoms with van der Waals surface area (Å²) in [6.07, 6.45) is 81.0. The summed E-state index contributed by atoms with van der Waals surface area (Å²) in [5.74, 6) is -0.0573. The molecule has 0 rings (SSSR count). The van der Waals surface area contributed by atoms with Crippen LogP contribution in [0.3, 0.4) is 0 Å². The molecular formula is C69H133NO5. The molecule has 444 valence electrons. The van der Waals surface area contributed by atoms with Gasteiger partial charge in [-0.05, 0) is 57.8 Å². The molecule has 0 radical (unpaired) electrons. The van der Waals surface area contributed by atoms with Gasteiger partial charge in [0.1, 0.15) is 0 Å². The zero-order chi connectivity index (χ0) is 54.3. The summed E-state index contributed by atoms with van der Waals surface area (Å²) in [4.78, 5) is 24.6. The molecule has 0 aliphatic rings. The highest BCUT2D eigenvalue weighted by Gasteiger charge is 2.18. The highest BCUT2D eigenvalue weighted by molar-refractivity contribution is 5.76. The minimum absolute atomic E-state index is 0.0148. The van der Waals surface area contributed by atoms with Crippen molar-refractivity contribution in [3.8, 4) is 0 Å². The van der Waals surface area contributed by atoms with E-state index in [-0.39, 0.29) is 18.5 Å². The van der Waals surface area contributed by atoms with Crippen LogP contribution in [0.25, 0.3) is 0 Å². The van der Waals surface area contributed by atoms with Crippen molar-refractivity contribution in [2.45, 2.75) is 392 Å². The Morgan fingerprint density at radius 2 is 0.627 bits per heavy atom. The molecule has 0 saturated carbocycles. The van der Waals surface area contributed by atoms with Crippen molar-refractivity contribution in [2.24, 2.45) is 0 Å². The fourth-order valence-corrected chi connectivity index (χ4v) is 10.7. The smallest absolute Gasteiger partial charge is 0.305 e. The molecule has 6 heteroatoms. The minimum Gasteiger partial charge on any atom is -0.466 e. The quantitative estimate of drug-likeness (QED) is 0.0320. The lowest BCUT2D eigenvalue weighted by atomic mass is 10.0. The van der Waals surface area contributed by atoms with Crippen LogP contribution in [0.15, 0.2) is 24.3 Å². The summed E-state index contributed by atoms with van der Waals surface area (Å²) in [5.41, 5.74) is 0. The van der Waals surface area contributed by atoms with Crippen molar-refractivity contribution in [3.05, 3.63) is 24.3 Å². The zero-order valence-electron chi connectivity index (χ0n) is 50.8. The Balaban J connectivity index is 3.41. The zero-order valence-corrected chi connectivity index (χ0v) is 50.8. The van der Waals surface area contributed by atoms with Crippen molar-refractivity contribution < 1.29 is 24.5 Å². The van der Waals surface area contributed by atoms with Crippen molar-refractivity contribution in [2.75, 3.05) is 13.2 Å². The van der Waals surface area contributed by atoms with Crippen molar-refractivity contribution in [3.63, 3.8) is 0 Å². The van der Waals surface area contributed by atoms with Gasteiger partial charge >= 0.3 is 5.97 Å². The fraction of sp³-hybridized carbons (Fsp3) is 0.913. The minimum atomic E-state index is -0.849. The van der Waals surface area contributed by atoms with Crippen molar-refractivity contribution in [1.82, 2.24) is 5.32 Å². The maximum atomic E-state index is 12.5. The van der Waals surface area contributed by atoms with Crippen LogP contribution >= 0.6 is 0 Å². The van der Waals surface area contributed by atoms with Crippen LogP contribution in [-0.4, -0.2) is 47.4 Å². The molecule has 2 atom stereocenters. The molecule has 0 aliphatic carbocycles. The van der Waals surface area contributed by atoms with Gasteiger partial charge in [0.2, 0.25) is 5.91 Å². The topological polar surface area (TPSA) is 95.9 Å². The number of esters is 1. The Labute approximate surface area is 469 Å². The van der Waals surface area contributed by atoms with Crippen LogP contribution in [0.4, 0.5) is 0 Å². The number of aliphatic hydroxyl groups excluding tert-OH is 2. The lowest BCUT2D eigenvalue weighted by Crippen LogP contribution is -2.45. The number of rotatable bonds is 64. The van der Waals surface area contributed by atoms with Crippen molar-refractivity contribution >= 4 is 11.9 Å². The number of ether oxygens (including phenoxy) is 1. The van der Waals surface area contributed by atoms with E-state index in [2.05, 4.69) is 31.3 Å². The number of nitrogens with one attached hydrogen (secondary N) is 1. The number of allylic oxidation sites excluding steroid dienone is 3. The third kappa shape index (κ3) is 61.4. The van der Waals surface area contributed by atoms with E-state index in [0.717, 1.165) is 44.9 Å². The maximum absolute atomic E-state index is 12.5. The Bertz CT molecular complexity index is 1170. The third-order valence-electron chi connectivity index (χ3n) is 16.0. The number of carbonyl (C=O) groups excluding carboxylic acids is 2. The molecular weight excluding hydrogens is 923 g/mol. The highest BCUT2D eigenvalue weighted by Crippen LogP contribution is 2.18. The van der Waals surface area contributed by atoms with Gasteiger partial charge in [0.15, 0.2) is 0 Å². The molecule has 0 aromatic heterocycles. The molecule has 3 N–H and O–H groups in total. The van der Waals surface area contributed by atoms with Gasteiger partial charge in [0, 0.05) is 12.8 Å². The molecule has 0 heterocycles. The Morgan fingerprint density at radius 3 is 0.947 bits per heavy atom. The Hall–Kier alpha value is -1.66. The van der Waals surface area contributed by atoms with E-state index in [1.807, 2.05) is 6.08 Å². The number of hydrogen-bond acceptors (Lipinski definition) is 5. The number of amides is 1. The molecule has 1 amide bonds. The molecule has 6 nitrogen and oxygen atoms in total. The third-order valence-corrected chi connectivity index (χ3v) is 16.0. The first-order chi connectivity index (χ1) is 37.0. The molecule has 2 unspecified atom stereocenters. The predicted molar refractivity (Wildman–Crippen MR) is 329 cm³/mol. The van der Waals surface area contributed by atoms with Gasteiger partial charge in [-0.25, -0.2) is 0 Å². The van der Waals surface area contributed by atoms with Crippen molar-refractivity contribution in [1.29, 1.82) is 0 Å². The van der Waals surface area contributed by atoms with E-state index in [1.54, 1.807) is 6.08 Å². The molecule has 75 heavy (non-hydrogen) atoms. The standard InChI is InChI=1S/C69H133NO5/c1-3-5-7-9-11-13-15-17-19-21-26-31-35-39-43-47-51-55-59-63-69(74)75-64-60-56-52-48-44-40-36-32-28-25-23-22-24-27-30-34-38-42-46-50-54-58-62-68(73)70-66(65-71)67(72)61-57-53-49-45-41-37-33-29-20-18-16-14-12-10-8-6-4-2/h24,27,57,61,66-67,71-72H,3-23,25-26,28-56,58-60,62-65H2,1-2H3,(H,70,73)/b27-24-,61-57+. The first-order valence-corrected chi connectivity index (χ1v) is 34.1. The summed E-state index contributed by atoms with van der Waals surface area (Å²) in [6, 6.07) is -0.633. The molecule has 0 saturated heterocycles. The summed E-state index contributed by atoms with van der Waals surface area (Å²) in [5, 5.41) is 23.2. The molecule has 0 bridgehead atoms. The van der Waals surface area contributed by atoms with Crippen LogP contribution in [0.2, 0.25) is 0 Å². The van der Waals surface area contributed by atoms with E-state index in [4.69, 9.17) is 4.74 Å². The SMILES string of the molecule is CCCCCCCCCCCCCCCCC/C=C/C(O)C(CO)NC(=O)CCCCCCCCC/C=C\CCCCCCCCCCCCCOC(=O)CCCCCCCCCCCCCCCCCCCCC. The Kier molecular flexibility index (Phi) is 63.4. The van der Waals surface area contributed by atoms with Gasteiger partial charge in [-0.2, -0.15) is 0 Å². The number of carbonyl (C=O) groups is 2. The Morgan fingerprint density at radius 1 is 0.360 bits per heavy atom. The van der Waals surface area contributed by atoms with E-state index >= 15 is 0 Å². The van der Waals surface area contributed by atoms with E-state index < -0.39 is 12.1 Å². The lowest BCUT2D eigenvalue weighted by Gasteiger charge is -2.20. The van der Waals surface area contributed by atoms with Crippen LogP contribution in [0.1, 0.15) is 380 Å². The van der Waals surface area contributed by atoms with E-state index in [1.165, 1.54) is 308 Å². The van der Waals surface area contributed by atoms with E-state index in [9.17, 15) is 19.8 Å². The van der Waals surface area contributed by atoms with Gasteiger partial charge in [0.05, 0.1) is 25.4 Å². The van der Waals surface area contributed by atoms with E-state index in [0.29, 0.717) is 19.4 Å². The maximum Gasteiger partial charge on any atom is 0.305 e. The summed E-state index contributed by atoms with van der Waals surface area (Å²) >= 11 is 0. The average molecular weight is 1060 g/mol. The van der Waals surface area contributed by atoms with Crippen LogP contribution in [-0.2, 0) is 14.3 Å². The number of unbranched alkanes of at least 4 members (excludes halogenated alkanes) is 51. The van der Waals surface area contributed by atoms with Crippen LogP contribution in [0.5, 0.6) is 0 Å². The van der Waals surface area contributed by atoms with Gasteiger partial charge in [-0.3, -0.25) is 9.59 Å². The van der Waals surface area contributed by atoms with Crippen LogP contribution in [0, 0.1) is 0 Å². The summed E-state index contributed by atoms with van der Waals surface area (Å²) in [6.45, 7) is 4.94. The second kappa shape index (κ2) is 64.9. The average Bonchev–Trinajstić information content (AvgIpc) is 3.41. The second-order valence-corrected chi connectivity index (χ2v) is 23.5. The van der Waals surface area contributed by atoms with Gasteiger partial charge < -0.3 is 20.3 Å². The summed E-state index contributed by atoms with van der Waals surface area (Å²) in [7, 11) is 0. The predicted octanol–water partition coefficient (Wildman–Crippen LogP) is 21.8. The first kappa shape index (κ1) is 73.3. The molecule has 0 aromatic rings. The molecule has 0 spiro atoms. The second-order valence-electron chi connectivity index (χ2n) is 23.5. The summed E-state index contributed by atoms with van der Waals surface area (Å²) < 4.78 is 5.51. The van der Waals surface area contributed by atoms with Gasteiger partial charge in [0.25, 0.3) is 0 Å². The lowest BCUT2D eigenvalue weighted by molar-refractivity contribution is -0.143. The monoisotopic (exact) mass is 1060 g/mol. The molecule has 0 aromatic carbocycles. The number of aliphatic hydroxyl groups is 2. The van der Waals surface area contributed by atoms with Crippen LogP contribution < -0.4 is 5.32 Å². The molecule has 0 aliphatic heterocycles. The fourth-order valence-electron chi connectivity index (χ4n) is 10.7.